The van der Waals surface area contributed by atoms with E-state index in [0.717, 1.165) is 27.0 Å². The molecule has 0 spiro atoms. The van der Waals surface area contributed by atoms with Crippen molar-refractivity contribution in [3.63, 3.8) is 0 Å². The van der Waals surface area contributed by atoms with E-state index in [-0.39, 0.29) is 5.88 Å². The summed E-state index contributed by atoms with van der Waals surface area (Å²) in [6, 6.07) is 11.2. The van der Waals surface area contributed by atoms with Crippen LogP contribution in [0.15, 0.2) is 40.9 Å². The predicted molar refractivity (Wildman–Crippen MR) is 88.3 cm³/mol. The van der Waals surface area contributed by atoms with Gasteiger partial charge in [0.25, 0.3) is 0 Å². The first-order valence-electron chi connectivity index (χ1n) is 5.79. The molecular formula is C14H8BrCl3N2. The topological polar surface area (TPSA) is 17.8 Å². The van der Waals surface area contributed by atoms with Crippen molar-refractivity contribution >= 4 is 61.8 Å². The Morgan fingerprint density at radius 3 is 2.70 bits per heavy atom. The Hall–Kier alpha value is -0.740. The van der Waals surface area contributed by atoms with Crippen LogP contribution >= 0.6 is 50.7 Å². The van der Waals surface area contributed by atoms with Crippen LogP contribution in [-0.2, 0) is 5.88 Å². The molecule has 2 nitrogen and oxygen atoms in total. The Bertz CT molecular complexity index is 798. The molecule has 0 saturated heterocycles. The molecule has 0 amide bonds. The average molecular weight is 390 g/mol. The highest BCUT2D eigenvalue weighted by Gasteiger charge is 2.15. The van der Waals surface area contributed by atoms with Crippen molar-refractivity contribution in [1.29, 1.82) is 0 Å². The van der Waals surface area contributed by atoms with E-state index in [1.54, 1.807) is 0 Å². The van der Waals surface area contributed by atoms with Gasteiger partial charge in [-0.25, -0.2) is 4.98 Å². The first-order valence-corrected chi connectivity index (χ1v) is 7.87. The van der Waals surface area contributed by atoms with Gasteiger partial charge in [0.15, 0.2) is 0 Å². The molecule has 1 aromatic heterocycles. The average Bonchev–Trinajstić information content (AvgIpc) is 2.81. The molecule has 0 bridgehead atoms. The minimum atomic E-state index is 0.282. The van der Waals surface area contributed by atoms with E-state index in [1.165, 1.54) is 0 Å². The minimum absolute atomic E-state index is 0.282. The molecule has 0 aliphatic carbocycles. The molecule has 1 heterocycles. The zero-order valence-corrected chi connectivity index (χ0v) is 13.9. The standard InChI is InChI=1S/C14H8BrCl3N2/c15-9-5-4-8(17)6-12(9)20-11-3-1-2-10(18)14(11)19-13(20)7-16/h1-6H,7H2. The highest BCUT2D eigenvalue weighted by molar-refractivity contribution is 9.10. The number of halogens is 4. The summed E-state index contributed by atoms with van der Waals surface area (Å²) in [6.07, 6.45) is 0. The van der Waals surface area contributed by atoms with Gasteiger partial charge in [0.1, 0.15) is 11.3 Å². The first-order chi connectivity index (χ1) is 9.61. The van der Waals surface area contributed by atoms with E-state index in [1.807, 2.05) is 41.0 Å². The Kier molecular flexibility index (Phi) is 3.95. The second-order valence-corrected chi connectivity index (χ2v) is 6.17. The van der Waals surface area contributed by atoms with Gasteiger partial charge in [0, 0.05) is 9.50 Å². The van der Waals surface area contributed by atoms with Crippen molar-refractivity contribution in [3.8, 4) is 5.69 Å². The summed E-state index contributed by atoms with van der Waals surface area (Å²) in [4.78, 5) is 4.51. The number of benzene rings is 2. The van der Waals surface area contributed by atoms with E-state index < -0.39 is 0 Å². The lowest BCUT2D eigenvalue weighted by molar-refractivity contribution is 0.977. The SMILES string of the molecule is ClCc1nc2c(Cl)cccc2n1-c1cc(Cl)ccc1Br. The van der Waals surface area contributed by atoms with Gasteiger partial charge in [-0.2, -0.15) is 0 Å². The summed E-state index contributed by atoms with van der Waals surface area (Å²) < 4.78 is 2.87. The summed E-state index contributed by atoms with van der Waals surface area (Å²) in [5.74, 6) is 1.00. The fourth-order valence-corrected chi connectivity index (χ4v) is 3.11. The van der Waals surface area contributed by atoms with Crippen LogP contribution in [0.25, 0.3) is 16.7 Å². The lowest BCUT2D eigenvalue weighted by Gasteiger charge is -2.10. The monoisotopic (exact) mass is 388 g/mol. The van der Waals surface area contributed by atoms with Gasteiger partial charge in [-0.05, 0) is 46.3 Å². The Balaban J connectivity index is 2.40. The van der Waals surface area contributed by atoms with Gasteiger partial charge in [-0.1, -0.05) is 29.3 Å². The normalized spacial score (nSPS) is 11.2. The van der Waals surface area contributed by atoms with Crippen molar-refractivity contribution in [1.82, 2.24) is 9.55 Å². The Morgan fingerprint density at radius 1 is 1.15 bits per heavy atom. The van der Waals surface area contributed by atoms with Gasteiger partial charge in [0.05, 0.1) is 22.1 Å². The van der Waals surface area contributed by atoms with Crippen molar-refractivity contribution < 1.29 is 0 Å². The molecule has 0 fully saturated rings. The Morgan fingerprint density at radius 2 is 1.95 bits per heavy atom. The zero-order valence-electron chi connectivity index (χ0n) is 10.1. The fraction of sp³-hybridized carbons (Fsp3) is 0.0714. The number of para-hydroxylation sites is 1. The molecular weight excluding hydrogens is 382 g/mol. The summed E-state index contributed by atoms with van der Waals surface area (Å²) in [5, 5.41) is 1.25. The maximum atomic E-state index is 6.20. The van der Waals surface area contributed by atoms with Crippen LogP contribution in [-0.4, -0.2) is 9.55 Å². The molecule has 3 aromatic rings. The lowest BCUT2D eigenvalue weighted by Crippen LogP contribution is -2.00. The van der Waals surface area contributed by atoms with E-state index in [9.17, 15) is 0 Å². The molecule has 0 atom stereocenters. The summed E-state index contributed by atoms with van der Waals surface area (Å²) in [7, 11) is 0. The molecule has 2 aromatic carbocycles. The minimum Gasteiger partial charge on any atom is -0.294 e. The van der Waals surface area contributed by atoms with Gasteiger partial charge in [-0.3, -0.25) is 4.57 Å². The highest BCUT2D eigenvalue weighted by Crippen LogP contribution is 2.32. The molecule has 0 unspecified atom stereocenters. The molecule has 0 saturated carbocycles. The van der Waals surface area contributed by atoms with Crippen LogP contribution in [0.5, 0.6) is 0 Å². The number of hydrogen-bond donors (Lipinski definition) is 0. The smallest absolute Gasteiger partial charge is 0.129 e. The molecule has 6 heteroatoms. The van der Waals surface area contributed by atoms with E-state index in [0.29, 0.717) is 10.0 Å². The van der Waals surface area contributed by atoms with Crippen LogP contribution < -0.4 is 0 Å². The van der Waals surface area contributed by atoms with Gasteiger partial charge < -0.3 is 0 Å². The van der Waals surface area contributed by atoms with Crippen molar-refractivity contribution in [2.45, 2.75) is 5.88 Å². The van der Waals surface area contributed by atoms with Gasteiger partial charge in [-0.15, -0.1) is 11.6 Å². The summed E-state index contributed by atoms with van der Waals surface area (Å²) in [5.41, 5.74) is 2.52. The number of aromatic nitrogens is 2. The van der Waals surface area contributed by atoms with Gasteiger partial charge in [0.2, 0.25) is 0 Å². The largest absolute Gasteiger partial charge is 0.294 e. The van der Waals surface area contributed by atoms with Crippen LogP contribution in [0.1, 0.15) is 5.82 Å². The maximum Gasteiger partial charge on any atom is 0.129 e. The number of imidazole rings is 1. The van der Waals surface area contributed by atoms with Crippen LogP contribution in [0, 0.1) is 0 Å². The quantitative estimate of drug-likeness (QED) is 0.503. The second-order valence-electron chi connectivity index (χ2n) is 4.20. The van der Waals surface area contributed by atoms with Crippen LogP contribution in [0.4, 0.5) is 0 Å². The molecule has 102 valence electrons. The Labute approximate surface area is 139 Å². The van der Waals surface area contributed by atoms with E-state index >= 15 is 0 Å². The maximum absolute atomic E-state index is 6.20. The number of rotatable bonds is 2. The highest BCUT2D eigenvalue weighted by atomic mass is 79.9. The predicted octanol–water partition coefficient (Wildman–Crippen LogP) is 5.83. The van der Waals surface area contributed by atoms with E-state index in [4.69, 9.17) is 34.8 Å². The molecule has 3 rings (SSSR count). The third-order valence-corrected chi connectivity index (χ3v) is 4.42. The molecule has 0 aliphatic heterocycles. The second kappa shape index (κ2) is 5.57. The number of hydrogen-bond acceptors (Lipinski definition) is 1. The van der Waals surface area contributed by atoms with Crippen LogP contribution in [0.3, 0.4) is 0 Å². The molecule has 0 N–H and O–H groups in total. The van der Waals surface area contributed by atoms with Crippen molar-refractivity contribution in [2.24, 2.45) is 0 Å². The van der Waals surface area contributed by atoms with Crippen LogP contribution in [0.2, 0.25) is 10.0 Å². The first kappa shape index (κ1) is 14.2. The fourth-order valence-electron chi connectivity index (χ4n) is 2.13. The third kappa shape index (κ3) is 2.33. The van der Waals surface area contributed by atoms with Crippen molar-refractivity contribution in [2.75, 3.05) is 0 Å². The zero-order chi connectivity index (χ0) is 14.3. The van der Waals surface area contributed by atoms with Gasteiger partial charge >= 0.3 is 0 Å². The lowest BCUT2D eigenvalue weighted by atomic mass is 10.2. The molecule has 0 radical (unpaired) electrons. The number of nitrogens with zero attached hydrogens (tertiary/aromatic N) is 2. The molecule has 20 heavy (non-hydrogen) atoms. The molecule has 0 aliphatic rings. The van der Waals surface area contributed by atoms with E-state index in [2.05, 4.69) is 20.9 Å². The number of fused-ring (bicyclic) bond motifs is 1. The third-order valence-electron chi connectivity index (χ3n) is 2.97. The summed E-state index contributed by atoms with van der Waals surface area (Å²) >= 11 is 21.9. The number of alkyl halides is 1. The summed E-state index contributed by atoms with van der Waals surface area (Å²) in [6.45, 7) is 0. The van der Waals surface area contributed by atoms with Crippen molar-refractivity contribution in [3.05, 3.63) is 56.7 Å².